The molecule has 0 N–H and O–H groups in total. The largest absolute Gasteiger partial charge is 0.460 e. The fraction of sp³-hybridized carbons (Fsp3) is 0.536. The number of halogens is 1. The van der Waals surface area contributed by atoms with Crippen LogP contribution in [0.3, 0.4) is 0 Å². The molecular weight excluding hydrogens is 527 g/mol. The Balaban J connectivity index is 2.00. The number of carbonyl (C=O) groups excluding carboxylic acids is 1. The topological polar surface area (TPSA) is 114 Å². The van der Waals surface area contributed by atoms with Gasteiger partial charge in [-0.05, 0) is 64.8 Å². The van der Waals surface area contributed by atoms with Gasteiger partial charge in [-0.2, -0.15) is 18.4 Å². The van der Waals surface area contributed by atoms with E-state index in [0.29, 0.717) is 28.9 Å². The van der Waals surface area contributed by atoms with Crippen molar-refractivity contribution in [3.05, 3.63) is 47.4 Å². The Hall–Kier alpha value is -2.89. The lowest BCUT2D eigenvalue weighted by atomic mass is 9.97. The van der Waals surface area contributed by atoms with Gasteiger partial charge in [-0.25, -0.2) is 4.39 Å². The summed E-state index contributed by atoms with van der Waals surface area (Å²) in [6.45, 7) is 12.8. The SMILES string of the molecule is CC(C)c1nc(OS(C)(=O)=O)nc(-c2ccc(F)cc2)c1C=CC1CC(CC(=O)OC(C)(C)C)OC(C)(C)O1. The molecule has 11 heteroatoms. The maximum Gasteiger partial charge on any atom is 0.333 e. The number of hydrogen-bond donors (Lipinski definition) is 0. The Morgan fingerprint density at radius 3 is 2.38 bits per heavy atom. The van der Waals surface area contributed by atoms with Crippen LogP contribution < -0.4 is 4.18 Å². The van der Waals surface area contributed by atoms with Crippen LogP contribution in [-0.4, -0.2) is 54.2 Å². The molecule has 1 aromatic carbocycles. The predicted molar refractivity (Wildman–Crippen MR) is 145 cm³/mol. The van der Waals surface area contributed by atoms with Crippen LogP contribution in [0.1, 0.15) is 78.5 Å². The van der Waals surface area contributed by atoms with Gasteiger partial charge >= 0.3 is 22.1 Å². The molecule has 9 nitrogen and oxygen atoms in total. The van der Waals surface area contributed by atoms with E-state index in [1.165, 1.54) is 12.1 Å². The number of rotatable bonds is 8. The normalized spacial score (nSPS) is 19.8. The molecule has 3 rings (SSSR count). The maximum absolute atomic E-state index is 13.7. The molecule has 39 heavy (non-hydrogen) atoms. The van der Waals surface area contributed by atoms with Gasteiger partial charge in [0, 0.05) is 17.5 Å². The van der Waals surface area contributed by atoms with E-state index < -0.39 is 39.5 Å². The lowest BCUT2D eigenvalue weighted by molar-refractivity contribution is -0.290. The van der Waals surface area contributed by atoms with E-state index in [-0.39, 0.29) is 24.3 Å². The third kappa shape index (κ3) is 9.36. The lowest BCUT2D eigenvalue weighted by Crippen LogP contribution is -2.45. The summed E-state index contributed by atoms with van der Waals surface area (Å²) in [6, 6.07) is 5.37. The van der Waals surface area contributed by atoms with Gasteiger partial charge in [0.1, 0.15) is 11.4 Å². The molecule has 1 fully saturated rings. The Morgan fingerprint density at radius 1 is 1.18 bits per heavy atom. The number of ether oxygens (including phenoxy) is 3. The highest BCUT2D eigenvalue weighted by molar-refractivity contribution is 7.86. The number of hydrogen-bond acceptors (Lipinski definition) is 9. The first-order valence-electron chi connectivity index (χ1n) is 12.7. The Labute approximate surface area is 229 Å². The molecule has 2 atom stereocenters. The fourth-order valence-corrected chi connectivity index (χ4v) is 4.58. The quantitative estimate of drug-likeness (QED) is 0.307. The van der Waals surface area contributed by atoms with Crippen molar-refractivity contribution in [2.24, 2.45) is 0 Å². The molecular formula is C28H37FN2O7S. The average molecular weight is 565 g/mol. The molecule has 214 valence electrons. The first-order valence-corrected chi connectivity index (χ1v) is 14.6. The molecule has 0 saturated carbocycles. The monoisotopic (exact) mass is 564 g/mol. The highest BCUT2D eigenvalue weighted by atomic mass is 32.2. The highest BCUT2D eigenvalue weighted by Crippen LogP contribution is 2.34. The van der Waals surface area contributed by atoms with Gasteiger partial charge in [0.15, 0.2) is 5.79 Å². The van der Waals surface area contributed by atoms with Crippen LogP contribution in [0.2, 0.25) is 0 Å². The van der Waals surface area contributed by atoms with Crippen molar-refractivity contribution >= 4 is 22.2 Å². The van der Waals surface area contributed by atoms with Crippen LogP contribution in [0.4, 0.5) is 4.39 Å². The van der Waals surface area contributed by atoms with Gasteiger partial charge < -0.3 is 18.4 Å². The molecule has 2 heterocycles. The molecule has 2 unspecified atom stereocenters. The Kier molecular flexibility index (Phi) is 9.19. The molecule has 1 aliphatic heterocycles. The minimum absolute atomic E-state index is 0.0765. The lowest BCUT2D eigenvalue weighted by Gasteiger charge is -2.39. The van der Waals surface area contributed by atoms with Gasteiger partial charge in [-0.3, -0.25) is 4.79 Å². The molecule has 0 amide bonds. The van der Waals surface area contributed by atoms with Crippen LogP contribution in [-0.2, 0) is 29.1 Å². The fourth-order valence-electron chi connectivity index (χ4n) is 4.23. The summed E-state index contributed by atoms with van der Waals surface area (Å²) in [6.07, 6.45) is 4.17. The van der Waals surface area contributed by atoms with E-state index in [1.807, 2.05) is 40.7 Å². The van der Waals surface area contributed by atoms with E-state index in [9.17, 15) is 17.6 Å². The third-order valence-corrected chi connectivity index (χ3v) is 5.97. The standard InChI is InChI=1S/C28H37FN2O7S/c1-17(2)24-22(25(18-9-11-19(29)12-10-18)31-26(30-24)38-39(8,33)34)14-13-20-15-21(36-28(6,7)35-20)16-23(32)37-27(3,4)5/h9-14,17,20-21H,15-16H2,1-8H3. The highest BCUT2D eigenvalue weighted by Gasteiger charge is 2.36. The Morgan fingerprint density at radius 2 is 1.82 bits per heavy atom. The van der Waals surface area contributed by atoms with E-state index in [4.69, 9.17) is 18.4 Å². The van der Waals surface area contributed by atoms with Crippen LogP contribution in [0.15, 0.2) is 30.3 Å². The summed E-state index contributed by atoms with van der Waals surface area (Å²) in [5, 5.41) is 0. The number of aromatic nitrogens is 2. The minimum Gasteiger partial charge on any atom is -0.460 e. The zero-order chi connectivity index (χ0) is 29.2. The van der Waals surface area contributed by atoms with Crippen molar-refractivity contribution < 1.29 is 36.0 Å². The Bertz CT molecular complexity index is 1320. The zero-order valence-electron chi connectivity index (χ0n) is 23.6. The van der Waals surface area contributed by atoms with Crippen molar-refractivity contribution in [1.29, 1.82) is 0 Å². The minimum atomic E-state index is -3.88. The molecule has 0 bridgehead atoms. The van der Waals surface area contributed by atoms with Crippen molar-refractivity contribution in [2.45, 2.75) is 90.8 Å². The summed E-state index contributed by atoms with van der Waals surface area (Å²) in [7, 11) is -3.88. The van der Waals surface area contributed by atoms with Crippen LogP contribution in [0, 0.1) is 5.82 Å². The second kappa shape index (κ2) is 11.7. The average Bonchev–Trinajstić information content (AvgIpc) is 2.74. The molecule has 0 radical (unpaired) electrons. The second-order valence-electron chi connectivity index (χ2n) is 11.3. The van der Waals surface area contributed by atoms with Crippen LogP contribution in [0.5, 0.6) is 6.01 Å². The van der Waals surface area contributed by atoms with Crippen LogP contribution >= 0.6 is 0 Å². The predicted octanol–water partition coefficient (Wildman–Crippen LogP) is 5.40. The van der Waals surface area contributed by atoms with Gasteiger partial charge in [0.05, 0.1) is 36.3 Å². The van der Waals surface area contributed by atoms with Gasteiger partial charge in [-0.15, -0.1) is 0 Å². The number of esters is 1. The summed E-state index contributed by atoms with van der Waals surface area (Å²) in [5.74, 6) is -1.87. The van der Waals surface area contributed by atoms with Gasteiger partial charge in [-0.1, -0.05) is 26.0 Å². The smallest absolute Gasteiger partial charge is 0.333 e. The number of benzene rings is 1. The zero-order valence-corrected chi connectivity index (χ0v) is 24.5. The summed E-state index contributed by atoms with van der Waals surface area (Å²) < 4.78 is 59.8. The second-order valence-corrected chi connectivity index (χ2v) is 12.9. The van der Waals surface area contributed by atoms with E-state index in [1.54, 1.807) is 32.1 Å². The van der Waals surface area contributed by atoms with Crippen LogP contribution in [0.25, 0.3) is 17.3 Å². The van der Waals surface area contributed by atoms with Crippen molar-refractivity contribution in [3.63, 3.8) is 0 Å². The molecule has 0 spiro atoms. The van der Waals surface area contributed by atoms with Crippen molar-refractivity contribution in [1.82, 2.24) is 9.97 Å². The van der Waals surface area contributed by atoms with E-state index in [0.717, 1.165) is 6.26 Å². The molecule has 0 aliphatic carbocycles. The molecule has 1 aromatic heterocycles. The van der Waals surface area contributed by atoms with Gasteiger partial charge in [0.25, 0.3) is 0 Å². The molecule has 2 aromatic rings. The summed E-state index contributed by atoms with van der Waals surface area (Å²) in [5.41, 5.74) is 1.47. The first-order chi connectivity index (χ1) is 17.9. The summed E-state index contributed by atoms with van der Waals surface area (Å²) in [4.78, 5) is 21.2. The maximum atomic E-state index is 13.7. The van der Waals surface area contributed by atoms with Crippen molar-refractivity contribution in [3.8, 4) is 17.3 Å². The molecule has 1 saturated heterocycles. The van der Waals surface area contributed by atoms with Crippen molar-refractivity contribution in [2.75, 3.05) is 6.26 Å². The van der Waals surface area contributed by atoms with E-state index in [2.05, 4.69) is 9.97 Å². The number of carbonyl (C=O) groups is 1. The first kappa shape index (κ1) is 30.6. The number of nitrogens with zero attached hydrogens (tertiary/aromatic N) is 2. The van der Waals surface area contributed by atoms with Gasteiger partial charge in [0.2, 0.25) is 0 Å². The third-order valence-electron chi connectivity index (χ3n) is 5.52. The van der Waals surface area contributed by atoms with E-state index >= 15 is 0 Å². The molecule has 1 aliphatic rings. The summed E-state index contributed by atoms with van der Waals surface area (Å²) >= 11 is 0.